The summed E-state index contributed by atoms with van der Waals surface area (Å²) in [5.74, 6) is 1.59. The van der Waals surface area contributed by atoms with Crippen LogP contribution < -0.4 is 23.7 Å². The second kappa shape index (κ2) is 12.0. The summed E-state index contributed by atoms with van der Waals surface area (Å²) >= 11 is 0. The zero-order valence-corrected chi connectivity index (χ0v) is 20.8. The van der Waals surface area contributed by atoms with E-state index in [1.165, 1.54) is 21.3 Å². The van der Waals surface area contributed by atoms with Crippen LogP contribution in [0.15, 0.2) is 48.5 Å². The number of hydrogen-bond acceptors (Lipinski definition) is 6. The lowest BCUT2D eigenvalue weighted by Crippen LogP contribution is -2.14. The van der Waals surface area contributed by atoms with E-state index in [-0.39, 0.29) is 5.56 Å². The van der Waals surface area contributed by atoms with Gasteiger partial charge in [0.05, 0.1) is 41.1 Å². The second-order valence-electron chi connectivity index (χ2n) is 7.94. The molecular formula is C28H32O7. The number of hydrogen-bond donors (Lipinski definition) is 1. The van der Waals surface area contributed by atoms with E-state index in [0.29, 0.717) is 54.1 Å². The third-order valence-electron chi connectivity index (χ3n) is 5.99. The Morgan fingerprint density at radius 3 is 1.40 bits per heavy atom. The SMILES string of the molecule is COc1cccc(CCc2c(OC)c(OC)c(OC)c(CCc3cccc(OC)c3)c2C(=O)O)c1. The summed E-state index contributed by atoms with van der Waals surface area (Å²) in [6.45, 7) is 0. The van der Waals surface area contributed by atoms with Gasteiger partial charge in [0.15, 0.2) is 11.5 Å². The number of carboxylic acid groups (broad SMARTS) is 1. The van der Waals surface area contributed by atoms with Gasteiger partial charge in [0.2, 0.25) is 5.75 Å². The van der Waals surface area contributed by atoms with Crippen LogP contribution >= 0.6 is 0 Å². The van der Waals surface area contributed by atoms with Gasteiger partial charge in [0.25, 0.3) is 0 Å². The molecular weight excluding hydrogens is 448 g/mol. The van der Waals surface area contributed by atoms with E-state index in [9.17, 15) is 9.90 Å². The monoisotopic (exact) mass is 480 g/mol. The first kappa shape index (κ1) is 25.7. The summed E-state index contributed by atoms with van der Waals surface area (Å²) in [5.41, 5.74) is 3.37. The van der Waals surface area contributed by atoms with E-state index in [1.807, 2.05) is 48.5 Å². The zero-order valence-electron chi connectivity index (χ0n) is 20.8. The molecule has 0 aromatic heterocycles. The molecule has 0 atom stereocenters. The van der Waals surface area contributed by atoms with Crippen molar-refractivity contribution in [1.29, 1.82) is 0 Å². The summed E-state index contributed by atoms with van der Waals surface area (Å²) in [7, 11) is 7.78. The molecule has 0 unspecified atom stereocenters. The van der Waals surface area contributed by atoms with Crippen LogP contribution in [0.2, 0.25) is 0 Å². The van der Waals surface area contributed by atoms with Crippen molar-refractivity contribution in [2.24, 2.45) is 0 Å². The van der Waals surface area contributed by atoms with Crippen molar-refractivity contribution in [1.82, 2.24) is 0 Å². The molecule has 35 heavy (non-hydrogen) atoms. The van der Waals surface area contributed by atoms with E-state index < -0.39 is 5.97 Å². The lowest BCUT2D eigenvalue weighted by atomic mass is 9.90. The molecule has 0 saturated heterocycles. The van der Waals surface area contributed by atoms with Gasteiger partial charge in [0, 0.05) is 11.1 Å². The normalized spacial score (nSPS) is 10.5. The summed E-state index contributed by atoms with van der Waals surface area (Å²) in [4.78, 5) is 12.6. The molecule has 0 aliphatic heterocycles. The summed E-state index contributed by atoms with van der Waals surface area (Å²) in [5, 5.41) is 10.3. The van der Waals surface area contributed by atoms with Crippen molar-refractivity contribution in [2.75, 3.05) is 35.5 Å². The lowest BCUT2D eigenvalue weighted by Gasteiger charge is -2.22. The maximum Gasteiger partial charge on any atom is 0.336 e. The maximum absolute atomic E-state index is 12.6. The molecule has 0 amide bonds. The van der Waals surface area contributed by atoms with Crippen LogP contribution in [0, 0.1) is 0 Å². The van der Waals surface area contributed by atoms with Crippen LogP contribution in [0.4, 0.5) is 0 Å². The fourth-order valence-electron chi connectivity index (χ4n) is 4.33. The molecule has 0 heterocycles. The largest absolute Gasteiger partial charge is 0.497 e. The van der Waals surface area contributed by atoms with Crippen LogP contribution in [0.1, 0.15) is 32.6 Å². The predicted octanol–water partition coefficient (Wildman–Crippen LogP) is 5.00. The summed E-state index contributed by atoms with van der Waals surface area (Å²) < 4.78 is 27.7. The summed E-state index contributed by atoms with van der Waals surface area (Å²) in [6, 6.07) is 15.4. The minimum Gasteiger partial charge on any atom is -0.497 e. The second-order valence-corrected chi connectivity index (χ2v) is 7.94. The molecule has 7 heteroatoms. The fourth-order valence-corrected chi connectivity index (χ4v) is 4.33. The van der Waals surface area contributed by atoms with Gasteiger partial charge in [-0.05, 0) is 61.1 Å². The first-order valence-corrected chi connectivity index (χ1v) is 11.3. The van der Waals surface area contributed by atoms with Crippen LogP contribution in [0.25, 0.3) is 0 Å². The molecule has 3 aromatic carbocycles. The van der Waals surface area contributed by atoms with Crippen molar-refractivity contribution in [2.45, 2.75) is 25.7 Å². The van der Waals surface area contributed by atoms with Crippen LogP contribution in [0.3, 0.4) is 0 Å². The minimum atomic E-state index is -1.04. The average Bonchev–Trinajstić information content (AvgIpc) is 2.89. The minimum absolute atomic E-state index is 0.185. The van der Waals surface area contributed by atoms with Gasteiger partial charge >= 0.3 is 5.97 Å². The third kappa shape index (κ3) is 5.80. The molecule has 0 spiro atoms. The van der Waals surface area contributed by atoms with E-state index in [4.69, 9.17) is 23.7 Å². The predicted molar refractivity (Wildman–Crippen MR) is 134 cm³/mol. The van der Waals surface area contributed by atoms with Gasteiger partial charge < -0.3 is 28.8 Å². The van der Waals surface area contributed by atoms with Gasteiger partial charge in [-0.15, -0.1) is 0 Å². The third-order valence-corrected chi connectivity index (χ3v) is 5.99. The van der Waals surface area contributed by atoms with Crippen molar-refractivity contribution in [3.63, 3.8) is 0 Å². The number of aromatic carboxylic acids is 1. The Kier molecular flexibility index (Phi) is 8.84. The number of carboxylic acids is 1. The van der Waals surface area contributed by atoms with E-state index in [1.54, 1.807) is 14.2 Å². The Morgan fingerprint density at radius 2 is 1.06 bits per heavy atom. The number of ether oxygens (including phenoxy) is 5. The van der Waals surface area contributed by atoms with Gasteiger partial charge in [0.1, 0.15) is 11.5 Å². The maximum atomic E-state index is 12.6. The number of methoxy groups -OCH3 is 5. The first-order chi connectivity index (χ1) is 17.0. The molecule has 7 nitrogen and oxygen atoms in total. The van der Waals surface area contributed by atoms with Crippen LogP contribution in [-0.2, 0) is 25.7 Å². The first-order valence-electron chi connectivity index (χ1n) is 11.3. The van der Waals surface area contributed by atoms with E-state index in [0.717, 1.165) is 22.6 Å². The molecule has 0 aliphatic rings. The summed E-state index contributed by atoms with van der Waals surface area (Å²) in [6.07, 6.45) is 2.06. The van der Waals surface area contributed by atoms with E-state index >= 15 is 0 Å². The molecule has 186 valence electrons. The fraction of sp³-hybridized carbons (Fsp3) is 0.321. The smallest absolute Gasteiger partial charge is 0.336 e. The molecule has 0 radical (unpaired) electrons. The number of rotatable bonds is 12. The number of aryl methyl sites for hydroxylation is 2. The Balaban J connectivity index is 2.08. The molecule has 0 aliphatic carbocycles. The van der Waals surface area contributed by atoms with Gasteiger partial charge in [-0.25, -0.2) is 4.79 Å². The topological polar surface area (TPSA) is 83.5 Å². The van der Waals surface area contributed by atoms with E-state index in [2.05, 4.69) is 0 Å². The molecule has 0 fully saturated rings. The standard InChI is InChI=1S/C28H32O7/c1-31-20-10-6-8-18(16-20)12-14-22-24(28(29)30)23(26(34-4)27(35-5)25(22)33-3)15-13-19-9-7-11-21(17-19)32-2/h6-11,16-17H,12-15H2,1-5H3,(H,29,30). The molecule has 3 rings (SSSR count). The van der Waals surface area contributed by atoms with Gasteiger partial charge in [-0.3, -0.25) is 0 Å². The van der Waals surface area contributed by atoms with Gasteiger partial charge in [-0.1, -0.05) is 24.3 Å². The van der Waals surface area contributed by atoms with Gasteiger partial charge in [-0.2, -0.15) is 0 Å². The highest BCUT2D eigenvalue weighted by Gasteiger charge is 2.29. The molecule has 3 aromatic rings. The number of carbonyl (C=O) groups is 1. The molecule has 0 bridgehead atoms. The highest BCUT2D eigenvalue weighted by atomic mass is 16.5. The van der Waals surface area contributed by atoms with Crippen molar-refractivity contribution >= 4 is 5.97 Å². The zero-order chi connectivity index (χ0) is 25.4. The molecule has 1 N–H and O–H groups in total. The average molecular weight is 481 g/mol. The molecule has 0 saturated carbocycles. The van der Waals surface area contributed by atoms with Crippen molar-refractivity contribution < 1.29 is 33.6 Å². The highest BCUT2D eigenvalue weighted by molar-refractivity contribution is 5.94. The number of benzene rings is 3. The highest BCUT2D eigenvalue weighted by Crippen LogP contribution is 2.46. The van der Waals surface area contributed by atoms with Crippen LogP contribution in [-0.4, -0.2) is 46.6 Å². The Bertz CT molecular complexity index is 1090. The van der Waals surface area contributed by atoms with Crippen molar-refractivity contribution in [3.8, 4) is 28.7 Å². The Labute approximate surface area is 206 Å². The van der Waals surface area contributed by atoms with Crippen LogP contribution in [0.5, 0.6) is 28.7 Å². The lowest BCUT2D eigenvalue weighted by molar-refractivity contribution is 0.0693. The Morgan fingerprint density at radius 1 is 0.629 bits per heavy atom. The quantitative estimate of drug-likeness (QED) is 0.391. The van der Waals surface area contributed by atoms with Crippen molar-refractivity contribution in [3.05, 3.63) is 76.3 Å². The Hall–Kier alpha value is -3.87.